The van der Waals surface area contributed by atoms with Crippen molar-refractivity contribution in [1.29, 1.82) is 0 Å². The Morgan fingerprint density at radius 1 is 1.20 bits per heavy atom. The first kappa shape index (κ1) is 12.3. The predicted molar refractivity (Wildman–Crippen MR) is 61.5 cm³/mol. The second-order valence-corrected chi connectivity index (χ2v) is 3.87. The van der Waals surface area contributed by atoms with E-state index in [-0.39, 0.29) is 27.0 Å². The molecule has 0 aliphatic rings. The molecule has 1 aromatic rings. The zero-order chi connectivity index (χ0) is 11.6. The summed E-state index contributed by atoms with van der Waals surface area (Å²) in [6, 6.07) is 0. The van der Waals surface area contributed by atoms with E-state index in [9.17, 15) is 0 Å². The summed E-state index contributed by atoms with van der Waals surface area (Å²) >= 11 is 17.1. The fourth-order valence-corrected chi connectivity index (χ4v) is 1.24. The normalized spacial score (nSPS) is 11.7. The molecule has 0 saturated carbocycles. The number of aromatic nitrogens is 2. The second-order valence-electron chi connectivity index (χ2n) is 2.78. The highest BCUT2D eigenvalue weighted by molar-refractivity contribution is 6.47. The monoisotopic (exact) mass is 267 g/mol. The van der Waals surface area contributed by atoms with Gasteiger partial charge in [-0.25, -0.2) is 9.97 Å². The minimum absolute atomic E-state index is 0.0450. The van der Waals surface area contributed by atoms with Crippen LogP contribution in [0.2, 0.25) is 15.3 Å². The van der Waals surface area contributed by atoms with E-state index in [0.717, 1.165) is 0 Å². The Morgan fingerprint density at radius 3 is 2.07 bits per heavy atom. The lowest BCUT2D eigenvalue weighted by molar-refractivity contribution is 0.437. The molecule has 0 saturated heterocycles. The van der Waals surface area contributed by atoms with Gasteiger partial charge in [-0.05, 0) is 0 Å². The van der Waals surface area contributed by atoms with Crippen LogP contribution < -0.4 is 5.73 Å². The lowest BCUT2D eigenvalue weighted by Crippen LogP contribution is -2.21. The molecule has 1 aromatic heterocycles. The molecule has 0 aliphatic carbocycles. The molecular weight excluding hydrogens is 260 g/mol. The first-order valence-corrected chi connectivity index (χ1v) is 4.95. The van der Waals surface area contributed by atoms with Gasteiger partial charge in [-0.1, -0.05) is 34.8 Å². The number of rotatable bonds is 2. The van der Waals surface area contributed by atoms with Gasteiger partial charge in [0, 0.05) is 14.1 Å². The molecule has 0 fully saturated rings. The van der Waals surface area contributed by atoms with Gasteiger partial charge >= 0.3 is 0 Å². The second kappa shape index (κ2) is 4.83. The quantitative estimate of drug-likeness (QED) is 0.383. The summed E-state index contributed by atoms with van der Waals surface area (Å²) in [4.78, 5) is 7.68. The maximum Gasteiger partial charge on any atom is 0.199 e. The van der Waals surface area contributed by atoms with E-state index in [1.807, 2.05) is 0 Å². The van der Waals surface area contributed by atoms with Gasteiger partial charge in [0.1, 0.15) is 5.02 Å². The Balaban J connectivity index is 3.17. The predicted octanol–water partition coefficient (Wildman–Crippen LogP) is 1.62. The van der Waals surface area contributed by atoms with Gasteiger partial charge < -0.3 is 10.7 Å². The number of nitrogens with zero attached hydrogens (tertiary/aromatic N) is 4. The Bertz CT molecular complexity index is 381. The minimum atomic E-state index is 0.0450. The minimum Gasteiger partial charge on any atom is -0.379 e. The summed E-state index contributed by atoms with van der Waals surface area (Å²) in [5.41, 5.74) is 5.61. The van der Waals surface area contributed by atoms with Crippen LogP contribution in [0.3, 0.4) is 0 Å². The van der Waals surface area contributed by atoms with Crippen molar-refractivity contribution in [3.8, 4) is 0 Å². The van der Waals surface area contributed by atoms with Gasteiger partial charge in [-0.15, -0.1) is 0 Å². The molecule has 0 aliphatic heterocycles. The van der Waals surface area contributed by atoms with Crippen LogP contribution in [-0.2, 0) is 0 Å². The maximum absolute atomic E-state index is 5.71. The Kier molecular flexibility index (Phi) is 3.96. The summed E-state index contributed by atoms with van der Waals surface area (Å²) in [5, 5.41) is 5.60. The molecule has 1 rings (SSSR count). The van der Waals surface area contributed by atoms with E-state index in [1.54, 1.807) is 14.1 Å². The van der Waals surface area contributed by atoms with Crippen LogP contribution in [0.15, 0.2) is 5.10 Å². The van der Waals surface area contributed by atoms with E-state index in [2.05, 4.69) is 15.1 Å². The molecule has 2 N–H and O–H groups in total. The smallest absolute Gasteiger partial charge is 0.199 e. The third-order valence-corrected chi connectivity index (χ3v) is 2.41. The fraction of sp³-hybridized carbons (Fsp3) is 0.286. The number of hydrazone groups is 1. The van der Waals surface area contributed by atoms with Crippen LogP contribution in [0.25, 0.3) is 0 Å². The van der Waals surface area contributed by atoms with Crippen molar-refractivity contribution in [2.75, 3.05) is 14.1 Å². The number of hydrogen-bond acceptors (Lipinski definition) is 4. The van der Waals surface area contributed by atoms with Crippen molar-refractivity contribution < 1.29 is 0 Å². The van der Waals surface area contributed by atoms with E-state index < -0.39 is 0 Å². The lowest BCUT2D eigenvalue weighted by atomic mass is 10.5. The summed E-state index contributed by atoms with van der Waals surface area (Å²) in [7, 11) is 3.43. The molecule has 82 valence electrons. The average molecular weight is 269 g/mol. The highest BCUT2D eigenvalue weighted by Gasteiger charge is 2.11. The fourth-order valence-electron chi connectivity index (χ4n) is 0.769. The van der Waals surface area contributed by atoms with Gasteiger partial charge in [-0.2, -0.15) is 5.10 Å². The number of hydrogen-bond donors (Lipinski definition) is 1. The highest BCUT2D eigenvalue weighted by atomic mass is 35.5. The SMILES string of the molecule is CN(C)/N=C(\N)c1nc(Cl)c(Cl)c(Cl)n1. The molecule has 0 amide bonds. The van der Waals surface area contributed by atoms with Crippen molar-refractivity contribution in [3.05, 3.63) is 21.2 Å². The molecular formula is C7H8Cl3N5. The molecule has 5 nitrogen and oxygen atoms in total. The van der Waals surface area contributed by atoms with Crippen LogP contribution in [0.5, 0.6) is 0 Å². The van der Waals surface area contributed by atoms with Crippen LogP contribution >= 0.6 is 34.8 Å². The van der Waals surface area contributed by atoms with Crippen molar-refractivity contribution in [1.82, 2.24) is 15.0 Å². The van der Waals surface area contributed by atoms with E-state index in [0.29, 0.717) is 0 Å². The molecule has 0 bridgehead atoms. The van der Waals surface area contributed by atoms with Gasteiger partial charge in [0.05, 0.1) is 0 Å². The van der Waals surface area contributed by atoms with Gasteiger partial charge in [0.25, 0.3) is 0 Å². The van der Waals surface area contributed by atoms with Crippen LogP contribution in [-0.4, -0.2) is 34.9 Å². The van der Waals surface area contributed by atoms with Crippen molar-refractivity contribution in [2.45, 2.75) is 0 Å². The molecule has 8 heteroatoms. The maximum atomic E-state index is 5.71. The summed E-state index contributed by atoms with van der Waals surface area (Å²) in [5.74, 6) is 0.253. The lowest BCUT2D eigenvalue weighted by Gasteiger charge is -2.06. The molecule has 0 radical (unpaired) electrons. The molecule has 0 atom stereocenters. The van der Waals surface area contributed by atoms with E-state index in [1.165, 1.54) is 5.01 Å². The van der Waals surface area contributed by atoms with Gasteiger partial charge in [0.15, 0.2) is 22.0 Å². The average Bonchev–Trinajstić information content (AvgIpc) is 2.12. The largest absolute Gasteiger partial charge is 0.379 e. The molecule has 15 heavy (non-hydrogen) atoms. The molecule has 0 spiro atoms. The number of halogens is 3. The zero-order valence-corrected chi connectivity index (χ0v) is 10.3. The van der Waals surface area contributed by atoms with Crippen LogP contribution in [0, 0.1) is 0 Å². The molecule has 0 unspecified atom stereocenters. The summed E-state index contributed by atoms with van der Waals surface area (Å²) < 4.78 is 0. The first-order valence-electron chi connectivity index (χ1n) is 3.82. The number of nitrogens with two attached hydrogens (primary N) is 1. The van der Waals surface area contributed by atoms with Crippen molar-refractivity contribution in [3.63, 3.8) is 0 Å². The van der Waals surface area contributed by atoms with Crippen LogP contribution in [0.4, 0.5) is 0 Å². The standard InChI is InChI=1S/C7H8Cl3N5/c1-15(2)14-6(11)7-12-4(9)3(8)5(10)13-7/h1-2H3,(H2,11,14). The third kappa shape index (κ3) is 3.09. The topological polar surface area (TPSA) is 67.4 Å². The van der Waals surface area contributed by atoms with Gasteiger partial charge in [-0.3, -0.25) is 0 Å². The van der Waals surface area contributed by atoms with Crippen LogP contribution in [0.1, 0.15) is 5.82 Å². The third-order valence-electron chi connectivity index (χ3n) is 1.31. The zero-order valence-electron chi connectivity index (χ0n) is 8.00. The molecule has 0 aromatic carbocycles. The first-order chi connectivity index (χ1) is 6.91. The Labute approximate surface area is 102 Å². The Hall–Kier alpha value is -0.780. The van der Waals surface area contributed by atoms with E-state index >= 15 is 0 Å². The molecule has 1 heterocycles. The van der Waals surface area contributed by atoms with Gasteiger partial charge in [0.2, 0.25) is 0 Å². The summed E-state index contributed by atoms with van der Waals surface area (Å²) in [6.45, 7) is 0. The van der Waals surface area contributed by atoms with E-state index in [4.69, 9.17) is 40.5 Å². The summed E-state index contributed by atoms with van der Waals surface area (Å²) in [6.07, 6.45) is 0. The number of amidine groups is 1. The van der Waals surface area contributed by atoms with Crippen molar-refractivity contribution >= 4 is 40.6 Å². The Morgan fingerprint density at radius 2 is 1.67 bits per heavy atom. The highest BCUT2D eigenvalue weighted by Crippen LogP contribution is 2.26. The van der Waals surface area contributed by atoms with Crippen molar-refractivity contribution in [2.24, 2.45) is 10.8 Å².